The van der Waals surface area contributed by atoms with Crippen LogP contribution in [0.1, 0.15) is 5.56 Å². The summed E-state index contributed by atoms with van der Waals surface area (Å²) < 4.78 is 5.37. The van der Waals surface area contributed by atoms with Crippen molar-refractivity contribution in [2.75, 3.05) is 5.73 Å². The number of aromatic nitrogens is 2. The first-order valence-corrected chi connectivity index (χ1v) is 4.91. The summed E-state index contributed by atoms with van der Waals surface area (Å²) in [6.45, 7) is -0.0878. The second kappa shape index (κ2) is 4.67. The van der Waals surface area contributed by atoms with E-state index >= 15 is 0 Å². The van der Waals surface area contributed by atoms with Gasteiger partial charge >= 0.3 is 0 Å². The average molecular weight is 233 g/mol. The third-order valence-corrected chi connectivity index (χ3v) is 2.15. The summed E-state index contributed by atoms with van der Waals surface area (Å²) in [5.74, 6) is 0.505. The Morgan fingerprint density at radius 2 is 2.29 bits per heavy atom. The fraction of sp³-hybridized carbons (Fsp3) is 0.0909. The molecule has 1 aromatic heterocycles. The van der Waals surface area contributed by atoms with Gasteiger partial charge in [0.15, 0.2) is 5.69 Å². The Labute approximate surface area is 96.7 Å². The highest BCUT2D eigenvalue weighted by atomic mass is 16.5. The van der Waals surface area contributed by atoms with Crippen molar-refractivity contribution in [3.05, 3.63) is 46.5 Å². The predicted molar refractivity (Wildman–Crippen MR) is 61.7 cm³/mol. The zero-order valence-corrected chi connectivity index (χ0v) is 8.88. The van der Waals surface area contributed by atoms with Crippen LogP contribution in [0.25, 0.3) is 0 Å². The first kappa shape index (κ1) is 11.2. The molecule has 0 saturated heterocycles. The number of rotatable bonds is 3. The second-order valence-electron chi connectivity index (χ2n) is 3.36. The van der Waals surface area contributed by atoms with Crippen LogP contribution >= 0.6 is 0 Å². The summed E-state index contributed by atoms with van der Waals surface area (Å²) in [6, 6.07) is 6.80. The minimum absolute atomic E-state index is 0.0452. The van der Waals surface area contributed by atoms with Gasteiger partial charge in [0.1, 0.15) is 5.75 Å². The highest BCUT2D eigenvalue weighted by molar-refractivity contribution is 5.47. The van der Waals surface area contributed by atoms with E-state index in [4.69, 9.17) is 15.6 Å². The fourth-order valence-corrected chi connectivity index (χ4v) is 1.29. The maximum Gasteiger partial charge on any atom is 0.277 e. The number of ether oxygens (including phenoxy) is 1. The van der Waals surface area contributed by atoms with E-state index in [0.717, 1.165) is 0 Å². The van der Waals surface area contributed by atoms with Gasteiger partial charge in [0, 0.05) is 0 Å². The van der Waals surface area contributed by atoms with Gasteiger partial charge in [0.25, 0.3) is 5.56 Å². The van der Waals surface area contributed by atoms with Crippen LogP contribution < -0.4 is 16.0 Å². The van der Waals surface area contributed by atoms with Gasteiger partial charge in [-0.05, 0) is 17.7 Å². The van der Waals surface area contributed by atoms with Crippen LogP contribution in [0.4, 0.5) is 5.69 Å². The number of nitrogens with zero attached hydrogens (tertiary/aromatic N) is 1. The maximum atomic E-state index is 11.2. The summed E-state index contributed by atoms with van der Waals surface area (Å²) in [5, 5.41) is 8.98. The molecule has 0 amide bonds. The van der Waals surface area contributed by atoms with Crippen molar-refractivity contribution in [1.82, 2.24) is 9.97 Å². The molecule has 6 heteroatoms. The summed E-state index contributed by atoms with van der Waals surface area (Å²) in [6.07, 6.45) is 1.21. The van der Waals surface area contributed by atoms with E-state index in [1.807, 2.05) is 0 Å². The van der Waals surface area contributed by atoms with Gasteiger partial charge in [0.2, 0.25) is 5.88 Å². The minimum atomic E-state index is -0.451. The SMILES string of the molecule is Nc1c(Oc2cccc(CO)c2)nc[nH]c1=O. The molecule has 0 aliphatic carbocycles. The summed E-state index contributed by atoms with van der Waals surface area (Å²) in [5.41, 5.74) is 5.69. The molecule has 0 fully saturated rings. The zero-order chi connectivity index (χ0) is 12.3. The van der Waals surface area contributed by atoms with Gasteiger partial charge in [-0.1, -0.05) is 12.1 Å². The van der Waals surface area contributed by atoms with E-state index < -0.39 is 5.56 Å². The molecule has 2 aromatic rings. The standard InChI is InChI=1S/C11H11N3O3/c12-9-10(16)13-6-14-11(9)17-8-3-1-2-7(4-8)5-15/h1-4,6,15H,5,12H2,(H,13,14,16). The van der Waals surface area contributed by atoms with Crippen molar-refractivity contribution in [1.29, 1.82) is 0 Å². The van der Waals surface area contributed by atoms with Gasteiger partial charge in [-0.15, -0.1) is 0 Å². The highest BCUT2D eigenvalue weighted by Crippen LogP contribution is 2.22. The van der Waals surface area contributed by atoms with E-state index in [1.54, 1.807) is 24.3 Å². The van der Waals surface area contributed by atoms with Crippen LogP contribution in [0.5, 0.6) is 11.6 Å². The molecule has 0 unspecified atom stereocenters. The van der Waals surface area contributed by atoms with E-state index in [9.17, 15) is 4.79 Å². The number of anilines is 1. The van der Waals surface area contributed by atoms with Gasteiger partial charge in [0.05, 0.1) is 12.9 Å². The molecule has 0 aliphatic heterocycles. The van der Waals surface area contributed by atoms with Gasteiger partial charge in [-0.3, -0.25) is 4.79 Å². The van der Waals surface area contributed by atoms with Crippen molar-refractivity contribution in [3.8, 4) is 11.6 Å². The summed E-state index contributed by atoms with van der Waals surface area (Å²) >= 11 is 0. The second-order valence-corrected chi connectivity index (χ2v) is 3.36. The number of hydrogen-bond acceptors (Lipinski definition) is 5. The summed E-state index contributed by atoms with van der Waals surface area (Å²) in [7, 11) is 0. The molecule has 2 rings (SSSR count). The van der Waals surface area contributed by atoms with E-state index in [-0.39, 0.29) is 18.2 Å². The third kappa shape index (κ3) is 2.43. The number of H-pyrrole nitrogens is 1. The lowest BCUT2D eigenvalue weighted by atomic mass is 10.2. The third-order valence-electron chi connectivity index (χ3n) is 2.15. The van der Waals surface area contributed by atoms with E-state index in [1.165, 1.54) is 6.33 Å². The molecule has 1 aromatic carbocycles. The quantitative estimate of drug-likeness (QED) is 0.722. The predicted octanol–water partition coefficient (Wildman–Crippen LogP) is 0.637. The lowest BCUT2D eigenvalue weighted by Crippen LogP contribution is -2.13. The highest BCUT2D eigenvalue weighted by Gasteiger charge is 2.07. The number of aromatic amines is 1. The Balaban J connectivity index is 2.31. The molecule has 4 N–H and O–H groups in total. The number of nitrogens with two attached hydrogens (primary N) is 1. The fourth-order valence-electron chi connectivity index (χ4n) is 1.29. The van der Waals surface area contributed by atoms with Crippen LogP contribution in [0, 0.1) is 0 Å². The normalized spacial score (nSPS) is 10.2. The molecule has 0 atom stereocenters. The van der Waals surface area contributed by atoms with Crippen LogP contribution in [-0.2, 0) is 6.61 Å². The molecule has 0 radical (unpaired) electrons. The van der Waals surface area contributed by atoms with Crippen molar-refractivity contribution < 1.29 is 9.84 Å². The van der Waals surface area contributed by atoms with Gasteiger partial charge < -0.3 is 20.6 Å². The summed E-state index contributed by atoms with van der Waals surface area (Å²) in [4.78, 5) is 17.4. The number of aliphatic hydroxyl groups is 1. The molecule has 0 spiro atoms. The first-order valence-electron chi connectivity index (χ1n) is 4.91. The number of hydrogen-bond donors (Lipinski definition) is 3. The Hall–Kier alpha value is -2.34. The van der Waals surface area contributed by atoms with Gasteiger partial charge in [-0.25, -0.2) is 4.98 Å². The molecule has 0 bridgehead atoms. The lowest BCUT2D eigenvalue weighted by Gasteiger charge is -2.06. The molecule has 0 aliphatic rings. The van der Waals surface area contributed by atoms with Crippen molar-refractivity contribution in [2.45, 2.75) is 6.61 Å². The Morgan fingerprint density at radius 3 is 3.06 bits per heavy atom. The molecule has 1 heterocycles. The first-order chi connectivity index (χ1) is 8.20. The molecular weight excluding hydrogens is 222 g/mol. The van der Waals surface area contributed by atoms with Crippen LogP contribution in [0.3, 0.4) is 0 Å². The smallest absolute Gasteiger partial charge is 0.277 e. The van der Waals surface area contributed by atoms with E-state index in [2.05, 4.69) is 9.97 Å². The van der Waals surface area contributed by atoms with Crippen LogP contribution in [0.2, 0.25) is 0 Å². The van der Waals surface area contributed by atoms with Crippen LogP contribution in [0.15, 0.2) is 35.4 Å². The van der Waals surface area contributed by atoms with Crippen molar-refractivity contribution in [3.63, 3.8) is 0 Å². The molecular formula is C11H11N3O3. The van der Waals surface area contributed by atoms with Crippen molar-refractivity contribution in [2.24, 2.45) is 0 Å². The van der Waals surface area contributed by atoms with Crippen LogP contribution in [-0.4, -0.2) is 15.1 Å². The zero-order valence-electron chi connectivity index (χ0n) is 8.88. The average Bonchev–Trinajstić information content (AvgIpc) is 2.35. The number of nitrogen functional groups attached to an aromatic ring is 1. The van der Waals surface area contributed by atoms with Crippen molar-refractivity contribution >= 4 is 5.69 Å². The molecule has 0 saturated carbocycles. The largest absolute Gasteiger partial charge is 0.437 e. The molecule has 6 nitrogen and oxygen atoms in total. The van der Waals surface area contributed by atoms with E-state index in [0.29, 0.717) is 11.3 Å². The Morgan fingerprint density at radius 1 is 1.47 bits per heavy atom. The Kier molecular flexibility index (Phi) is 3.06. The Bertz CT molecular complexity index is 580. The maximum absolute atomic E-state index is 11.2. The number of nitrogens with one attached hydrogen (secondary N) is 1. The lowest BCUT2D eigenvalue weighted by molar-refractivity contribution is 0.281. The van der Waals surface area contributed by atoms with Gasteiger partial charge in [-0.2, -0.15) is 0 Å². The molecule has 88 valence electrons. The number of aliphatic hydroxyl groups excluding tert-OH is 1. The molecule has 17 heavy (non-hydrogen) atoms. The monoisotopic (exact) mass is 233 g/mol. The minimum Gasteiger partial charge on any atom is -0.437 e. The number of benzene rings is 1. The topological polar surface area (TPSA) is 101 Å².